The first-order valence-electron chi connectivity index (χ1n) is 4.52. The molecule has 1 heterocycles. The first kappa shape index (κ1) is 13.9. The number of nitrogens with zero attached hydrogens (tertiary/aromatic N) is 1. The molecule has 1 aliphatic rings. The van der Waals surface area contributed by atoms with Crippen LogP contribution in [0, 0.1) is 12.3 Å². The van der Waals surface area contributed by atoms with Crippen LogP contribution in [0.2, 0.25) is 0 Å². The molecule has 6 heteroatoms. The number of terminal acetylenes is 1. The second-order valence-electron chi connectivity index (χ2n) is 2.96. The molecule has 1 rings (SSSR count). The van der Waals surface area contributed by atoms with Gasteiger partial charge < -0.3 is 4.74 Å². The maximum Gasteiger partial charge on any atom is 0.268 e. The molecular formula is C10H9I2NO3. The summed E-state index contributed by atoms with van der Waals surface area (Å²) in [5.74, 6) is 1.96. The van der Waals surface area contributed by atoms with E-state index in [1.54, 1.807) is 0 Å². The Morgan fingerprint density at radius 2 is 1.75 bits per heavy atom. The Labute approximate surface area is 121 Å². The summed E-state index contributed by atoms with van der Waals surface area (Å²) in [6, 6.07) is 0. The fourth-order valence-corrected chi connectivity index (χ4v) is 2.15. The SMILES string of the molecule is C#CCCOCCN1C(=O)C(I)=C(I)C1=O. The maximum atomic E-state index is 11.6. The van der Waals surface area contributed by atoms with E-state index in [1.807, 2.05) is 45.2 Å². The van der Waals surface area contributed by atoms with Crippen molar-refractivity contribution < 1.29 is 14.3 Å². The summed E-state index contributed by atoms with van der Waals surface area (Å²) < 4.78 is 6.15. The van der Waals surface area contributed by atoms with Crippen molar-refractivity contribution in [3.05, 3.63) is 7.16 Å². The lowest BCUT2D eigenvalue weighted by molar-refractivity contribution is -0.137. The number of halogens is 2. The van der Waals surface area contributed by atoms with E-state index < -0.39 is 0 Å². The molecule has 0 saturated heterocycles. The topological polar surface area (TPSA) is 46.6 Å². The first-order chi connectivity index (χ1) is 7.59. The van der Waals surface area contributed by atoms with Crippen LogP contribution in [0.1, 0.15) is 6.42 Å². The Hall–Kier alpha value is -0.140. The molecule has 0 N–H and O–H groups in total. The minimum Gasteiger partial charge on any atom is -0.379 e. The van der Waals surface area contributed by atoms with E-state index in [2.05, 4.69) is 5.92 Å². The van der Waals surface area contributed by atoms with Gasteiger partial charge in [0, 0.05) is 6.42 Å². The molecule has 0 saturated carbocycles. The monoisotopic (exact) mass is 445 g/mol. The highest BCUT2D eigenvalue weighted by Gasteiger charge is 2.35. The largest absolute Gasteiger partial charge is 0.379 e. The van der Waals surface area contributed by atoms with Crippen molar-refractivity contribution in [2.45, 2.75) is 6.42 Å². The van der Waals surface area contributed by atoms with E-state index in [1.165, 1.54) is 4.90 Å². The number of imide groups is 1. The number of carbonyl (C=O) groups excluding carboxylic acids is 2. The van der Waals surface area contributed by atoms with Gasteiger partial charge in [0.2, 0.25) is 0 Å². The van der Waals surface area contributed by atoms with Gasteiger partial charge in [-0.3, -0.25) is 14.5 Å². The smallest absolute Gasteiger partial charge is 0.268 e. The number of carbonyl (C=O) groups is 2. The van der Waals surface area contributed by atoms with E-state index in [0.717, 1.165) is 0 Å². The highest BCUT2D eigenvalue weighted by Crippen LogP contribution is 2.29. The quantitative estimate of drug-likeness (QED) is 0.279. The van der Waals surface area contributed by atoms with Crippen LogP contribution in [0.3, 0.4) is 0 Å². The molecule has 0 fully saturated rings. The van der Waals surface area contributed by atoms with Gasteiger partial charge in [-0.05, 0) is 45.2 Å². The van der Waals surface area contributed by atoms with Gasteiger partial charge in [0.1, 0.15) is 0 Å². The summed E-state index contributed by atoms with van der Waals surface area (Å²) in [4.78, 5) is 24.4. The lowest BCUT2D eigenvalue weighted by Crippen LogP contribution is -2.34. The van der Waals surface area contributed by atoms with Crippen molar-refractivity contribution in [1.29, 1.82) is 0 Å². The highest BCUT2D eigenvalue weighted by atomic mass is 127. The van der Waals surface area contributed by atoms with Gasteiger partial charge in [0.25, 0.3) is 11.8 Å². The van der Waals surface area contributed by atoms with Gasteiger partial charge in [-0.15, -0.1) is 12.3 Å². The van der Waals surface area contributed by atoms with Crippen LogP contribution in [0.25, 0.3) is 0 Å². The minimum absolute atomic E-state index is 0.240. The molecule has 0 atom stereocenters. The summed E-state index contributed by atoms with van der Waals surface area (Å²) in [5, 5.41) is 0. The summed E-state index contributed by atoms with van der Waals surface area (Å²) in [6.45, 7) is 1.06. The fraction of sp³-hybridized carbons (Fsp3) is 0.400. The first-order valence-corrected chi connectivity index (χ1v) is 6.68. The predicted molar refractivity (Wildman–Crippen MR) is 76.1 cm³/mol. The molecule has 0 aromatic carbocycles. The van der Waals surface area contributed by atoms with Crippen molar-refractivity contribution in [2.24, 2.45) is 0 Å². The second-order valence-corrected chi connectivity index (χ2v) is 5.11. The van der Waals surface area contributed by atoms with E-state index in [9.17, 15) is 9.59 Å². The van der Waals surface area contributed by atoms with Crippen molar-refractivity contribution >= 4 is 57.0 Å². The molecule has 0 unspecified atom stereocenters. The third kappa shape index (κ3) is 3.18. The molecule has 1 aliphatic heterocycles. The predicted octanol–water partition coefficient (Wildman–Crippen LogP) is 1.48. The van der Waals surface area contributed by atoms with E-state index in [4.69, 9.17) is 11.2 Å². The van der Waals surface area contributed by atoms with Gasteiger partial charge in [-0.25, -0.2) is 0 Å². The maximum absolute atomic E-state index is 11.6. The molecule has 2 amide bonds. The fourth-order valence-electron chi connectivity index (χ4n) is 1.11. The number of ether oxygens (including phenoxy) is 1. The van der Waals surface area contributed by atoms with Crippen LogP contribution >= 0.6 is 45.2 Å². The van der Waals surface area contributed by atoms with Crippen LogP contribution in [-0.2, 0) is 14.3 Å². The zero-order valence-electron chi connectivity index (χ0n) is 8.33. The van der Waals surface area contributed by atoms with Gasteiger partial charge in [-0.2, -0.15) is 0 Å². The molecule has 0 aromatic heterocycles. The molecule has 0 aromatic rings. The normalized spacial score (nSPS) is 15.9. The highest BCUT2D eigenvalue weighted by molar-refractivity contribution is 14.1. The van der Waals surface area contributed by atoms with Crippen LogP contribution in [0.15, 0.2) is 7.16 Å². The van der Waals surface area contributed by atoms with Crippen molar-refractivity contribution in [2.75, 3.05) is 19.8 Å². The lowest BCUT2D eigenvalue weighted by Gasteiger charge is -2.13. The van der Waals surface area contributed by atoms with Crippen LogP contribution in [0.4, 0.5) is 0 Å². The average molecular weight is 445 g/mol. The third-order valence-corrected chi connectivity index (χ3v) is 4.94. The Balaban J connectivity index is 2.38. The number of hydrogen-bond donors (Lipinski definition) is 0. The molecule has 16 heavy (non-hydrogen) atoms. The molecule has 4 nitrogen and oxygen atoms in total. The van der Waals surface area contributed by atoms with Crippen molar-refractivity contribution in [3.63, 3.8) is 0 Å². The van der Waals surface area contributed by atoms with E-state index in [-0.39, 0.29) is 18.4 Å². The van der Waals surface area contributed by atoms with Crippen molar-refractivity contribution in [1.82, 2.24) is 4.90 Å². The molecule has 0 aliphatic carbocycles. The molecule has 0 bridgehead atoms. The standard InChI is InChI=1S/C10H9I2NO3/c1-2-3-5-16-6-4-13-9(14)7(11)8(12)10(13)15/h1H,3-6H2. The second kappa shape index (κ2) is 6.56. The zero-order valence-corrected chi connectivity index (χ0v) is 12.6. The minimum atomic E-state index is -0.240. The third-order valence-electron chi connectivity index (χ3n) is 1.91. The van der Waals surface area contributed by atoms with Crippen LogP contribution in [0.5, 0.6) is 0 Å². The zero-order chi connectivity index (χ0) is 12.1. The molecule has 0 spiro atoms. The van der Waals surface area contributed by atoms with Crippen LogP contribution < -0.4 is 0 Å². The Kier molecular flexibility index (Phi) is 5.71. The summed E-state index contributed by atoms with van der Waals surface area (Å²) in [7, 11) is 0. The van der Waals surface area contributed by atoms with E-state index >= 15 is 0 Å². The summed E-state index contributed by atoms with van der Waals surface area (Å²) in [6.07, 6.45) is 5.59. The number of amides is 2. The molecule has 0 radical (unpaired) electrons. The van der Waals surface area contributed by atoms with Crippen molar-refractivity contribution in [3.8, 4) is 12.3 Å². The van der Waals surface area contributed by atoms with E-state index in [0.29, 0.717) is 26.8 Å². The van der Waals surface area contributed by atoms with Gasteiger partial charge >= 0.3 is 0 Å². The van der Waals surface area contributed by atoms with Gasteiger partial charge in [0.15, 0.2) is 0 Å². The van der Waals surface area contributed by atoms with Gasteiger partial charge in [-0.1, -0.05) is 0 Å². The Bertz CT molecular complexity index is 360. The molecular weight excluding hydrogens is 436 g/mol. The van der Waals surface area contributed by atoms with Crippen LogP contribution in [-0.4, -0.2) is 36.5 Å². The van der Waals surface area contributed by atoms with Gasteiger partial charge in [0.05, 0.1) is 26.9 Å². The Morgan fingerprint density at radius 3 is 2.25 bits per heavy atom. The lowest BCUT2D eigenvalue weighted by atomic mass is 10.5. The number of rotatable bonds is 5. The average Bonchev–Trinajstić information content (AvgIpc) is 2.46. The summed E-state index contributed by atoms with van der Waals surface area (Å²) in [5.41, 5.74) is 0. The Morgan fingerprint density at radius 1 is 1.19 bits per heavy atom. The summed E-state index contributed by atoms with van der Waals surface area (Å²) >= 11 is 3.76. The molecule has 86 valence electrons. The number of hydrogen-bond acceptors (Lipinski definition) is 3.